The van der Waals surface area contributed by atoms with E-state index in [1.165, 1.54) is 0 Å². The third-order valence-electron chi connectivity index (χ3n) is 1.98. The number of aromatic nitrogens is 2. The molecule has 2 heterocycles. The minimum absolute atomic E-state index is 0.360. The van der Waals surface area contributed by atoms with E-state index < -0.39 is 0 Å². The summed E-state index contributed by atoms with van der Waals surface area (Å²) in [6.07, 6.45) is 1.65. The Morgan fingerprint density at radius 1 is 1.47 bits per heavy atom. The van der Waals surface area contributed by atoms with Crippen LogP contribution < -0.4 is 5.73 Å². The number of rotatable bonds is 5. The highest BCUT2D eigenvalue weighted by Crippen LogP contribution is 2.22. The number of anilines is 1. The zero-order chi connectivity index (χ0) is 12.1. The molecule has 0 spiro atoms. The monoisotopic (exact) mass is 251 g/mol. The van der Waals surface area contributed by atoms with E-state index in [1.807, 2.05) is 12.1 Å². The van der Waals surface area contributed by atoms with Crippen LogP contribution >= 0.6 is 11.8 Å². The maximum atomic E-state index is 5.70. The first kappa shape index (κ1) is 11.9. The molecule has 0 unspecified atom stereocenters. The number of nitrogens with zero attached hydrogens (tertiary/aromatic N) is 2. The van der Waals surface area contributed by atoms with Gasteiger partial charge >= 0.3 is 0 Å². The Kier molecular flexibility index (Phi) is 4.00. The van der Waals surface area contributed by atoms with E-state index in [0.29, 0.717) is 18.2 Å². The summed E-state index contributed by atoms with van der Waals surface area (Å²) < 4.78 is 10.2. The molecule has 2 aromatic rings. The van der Waals surface area contributed by atoms with Crippen LogP contribution in [0, 0.1) is 0 Å². The number of hydrogen-bond acceptors (Lipinski definition) is 6. The van der Waals surface area contributed by atoms with Crippen molar-refractivity contribution in [3.05, 3.63) is 36.0 Å². The lowest BCUT2D eigenvalue weighted by atomic mass is 10.5. The number of hydrogen-bond donors (Lipinski definition) is 1. The van der Waals surface area contributed by atoms with Crippen molar-refractivity contribution in [2.75, 3.05) is 12.8 Å². The smallest absolute Gasteiger partial charge is 0.157 e. The molecule has 6 heteroatoms. The fourth-order valence-corrected chi connectivity index (χ4v) is 2.13. The van der Waals surface area contributed by atoms with Gasteiger partial charge in [0.05, 0.1) is 12.0 Å². The molecule has 0 amide bonds. The molecule has 90 valence electrons. The van der Waals surface area contributed by atoms with E-state index >= 15 is 0 Å². The van der Waals surface area contributed by atoms with E-state index in [-0.39, 0.29) is 0 Å². The second-order valence-corrected chi connectivity index (χ2v) is 4.34. The van der Waals surface area contributed by atoms with E-state index in [2.05, 4.69) is 9.97 Å². The molecule has 17 heavy (non-hydrogen) atoms. The molecule has 0 radical (unpaired) electrons. The van der Waals surface area contributed by atoms with Crippen LogP contribution in [-0.2, 0) is 17.1 Å². The van der Waals surface area contributed by atoms with E-state index in [9.17, 15) is 0 Å². The van der Waals surface area contributed by atoms with Gasteiger partial charge in [0, 0.05) is 13.2 Å². The van der Waals surface area contributed by atoms with Gasteiger partial charge in [0.25, 0.3) is 0 Å². The van der Waals surface area contributed by atoms with Crippen LogP contribution in [0.2, 0.25) is 0 Å². The molecule has 5 nitrogen and oxygen atoms in total. The Bertz CT molecular complexity index is 474. The number of thioether (sulfide) groups is 1. The van der Waals surface area contributed by atoms with Crippen LogP contribution in [0.1, 0.15) is 11.6 Å². The number of methoxy groups -OCH3 is 1. The Balaban J connectivity index is 2.04. The van der Waals surface area contributed by atoms with Crippen LogP contribution in [0.3, 0.4) is 0 Å². The van der Waals surface area contributed by atoms with E-state index in [4.69, 9.17) is 14.9 Å². The summed E-state index contributed by atoms with van der Waals surface area (Å²) in [5.74, 6) is 2.67. The topological polar surface area (TPSA) is 74.2 Å². The molecule has 0 aliphatic heterocycles. The first-order valence-electron chi connectivity index (χ1n) is 5.05. The van der Waals surface area contributed by atoms with Gasteiger partial charge in [-0.15, -0.1) is 0 Å². The lowest BCUT2D eigenvalue weighted by Gasteiger charge is -2.04. The molecule has 0 saturated heterocycles. The van der Waals surface area contributed by atoms with Crippen LogP contribution in [0.4, 0.5) is 5.82 Å². The summed E-state index contributed by atoms with van der Waals surface area (Å²) in [4.78, 5) is 8.40. The average Bonchev–Trinajstić information content (AvgIpc) is 2.79. The molecular formula is C11H13N3O2S. The van der Waals surface area contributed by atoms with Gasteiger partial charge in [-0.3, -0.25) is 0 Å². The minimum Gasteiger partial charge on any atom is -0.468 e. The summed E-state index contributed by atoms with van der Waals surface area (Å²) in [6.45, 7) is 0.360. The lowest BCUT2D eigenvalue weighted by Crippen LogP contribution is -2.01. The largest absolute Gasteiger partial charge is 0.468 e. The molecule has 0 aliphatic carbocycles. The van der Waals surface area contributed by atoms with Gasteiger partial charge < -0.3 is 14.9 Å². The summed E-state index contributed by atoms with van der Waals surface area (Å²) in [6, 6.07) is 5.53. The summed E-state index contributed by atoms with van der Waals surface area (Å²) in [5.41, 5.74) is 5.70. The van der Waals surface area contributed by atoms with Gasteiger partial charge in [-0.2, -0.15) is 0 Å². The zero-order valence-electron chi connectivity index (χ0n) is 9.42. The summed E-state index contributed by atoms with van der Waals surface area (Å²) >= 11 is 1.55. The molecule has 0 aliphatic rings. The van der Waals surface area contributed by atoms with Crippen molar-refractivity contribution in [2.45, 2.75) is 17.4 Å². The number of nitrogens with two attached hydrogens (primary N) is 1. The van der Waals surface area contributed by atoms with Crippen molar-refractivity contribution < 1.29 is 9.15 Å². The predicted molar refractivity (Wildman–Crippen MR) is 65.4 cm³/mol. The molecule has 2 N–H and O–H groups in total. The minimum atomic E-state index is 0.360. The predicted octanol–water partition coefficient (Wildman–Crippen LogP) is 2.09. The number of nitrogen functional groups attached to an aromatic ring is 1. The van der Waals surface area contributed by atoms with Crippen molar-refractivity contribution in [3.8, 4) is 0 Å². The van der Waals surface area contributed by atoms with Crippen molar-refractivity contribution in [3.63, 3.8) is 0 Å². The zero-order valence-corrected chi connectivity index (χ0v) is 10.2. The van der Waals surface area contributed by atoms with Crippen molar-refractivity contribution in [1.29, 1.82) is 0 Å². The molecule has 2 rings (SSSR count). The highest BCUT2D eigenvalue weighted by molar-refractivity contribution is 7.98. The maximum absolute atomic E-state index is 5.70. The third kappa shape index (κ3) is 3.47. The second kappa shape index (κ2) is 5.70. The molecule has 0 saturated carbocycles. The van der Waals surface area contributed by atoms with Crippen LogP contribution in [0.15, 0.2) is 33.9 Å². The Morgan fingerprint density at radius 3 is 3.06 bits per heavy atom. The standard InChI is InChI=1S/C11H13N3O2S/c1-15-6-10-13-9(12)5-11(14-10)17-7-8-3-2-4-16-8/h2-5H,6-7H2,1H3,(H2,12,13,14). The molecular weight excluding hydrogens is 238 g/mol. The first-order valence-corrected chi connectivity index (χ1v) is 6.04. The van der Waals surface area contributed by atoms with Crippen LogP contribution in [0.5, 0.6) is 0 Å². The second-order valence-electron chi connectivity index (χ2n) is 3.35. The SMILES string of the molecule is COCc1nc(N)cc(SCc2ccco2)n1. The highest BCUT2D eigenvalue weighted by atomic mass is 32.2. The van der Waals surface area contributed by atoms with Crippen molar-refractivity contribution in [1.82, 2.24) is 9.97 Å². The van der Waals surface area contributed by atoms with Gasteiger partial charge in [-0.1, -0.05) is 11.8 Å². The van der Waals surface area contributed by atoms with Gasteiger partial charge in [0.2, 0.25) is 0 Å². The quantitative estimate of drug-likeness (QED) is 0.648. The molecule has 0 aromatic carbocycles. The van der Waals surface area contributed by atoms with E-state index in [0.717, 1.165) is 16.5 Å². The van der Waals surface area contributed by atoms with Gasteiger partial charge in [0.1, 0.15) is 23.2 Å². The van der Waals surface area contributed by atoms with Crippen LogP contribution in [-0.4, -0.2) is 17.1 Å². The maximum Gasteiger partial charge on any atom is 0.157 e. The highest BCUT2D eigenvalue weighted by Gasteiger charge is 2.04. The van der Waals surface area contributed by atoms with Crippen molar-refractivity contribution >= 4 is 17.6 Å². The molecule has 0 atom stereocenters. The van der Waals surface area contributed by atoms with Crippen LogP contribution in [0.25, 0.3) is 0 Å². The Hall–Kier alpha value is -1.53. The molecule has 2 aromatic heterocycles. The fraction of sp³-hybridized carbons (Fsp3) is 0.273. The Morgan fingerprint density at radius 2 is 2.35 bits per heavy atom. The number of furan rings is 1. The van der Waals surface area contributed by atoms with Gasteiger partial charge in [-0.25, -0.2) is 9.97 Å². The molecule has 0 bridgehead atoms. The van der Waals surface area contributed by atoms with Gasteiger partial charge in [0.15, 0.2) is 5.82 Å². The van der Waals surface area contributed by atoms with Gasteiger partial charge in [-0.05, 0) is 12.1 Å². The lowest BCUT2D eigenvalue weighted by molar-refractivity contribution is 0.177. The normalized spacial score (nSPS) is 10.6. The van der Waals surface area contributed by atoms with E-state index in [1.54, 1.807) is 31.2 Å². The number of ether oxygens (including phenoxy) is 1. The fourth-order valence-electron chi connectivity index (χ4n) is 1.30. The summed E-state index contributed by atoms with van der Waals surface area (Å²) in [7, 11) is 1.60. The van der Waals surface area contributed by atoms with Crippen molar-refractivity contribution in [2.24, 2.45) is 0 Å². The third-order valence-corrected chi connectivity index (χ3v) is 2.92. The summed E-state index contributed by atoms with van der Waals surface area (Å²) in [5, 5.41) is 0.820. The first-order chi connectivity index (χ1) is 8.28. The Labute approximate surface area is 103 Å². The molecule has 0 fully saturated rings. The average molecular weight is 251 g/mol.